The summed E-state index contributed by atoms with van der Waals surface area (Å²) in [5, 5.41) is 18.0. The van der Waals surface area contributed by atoms with Crippen molar-refractivity contribution in [1.29, 1.82) is 0 Å². The molecule has 0 spiro atoms. The molecule has 0 heterocycles. The Labute approximate surface area is 117 Å². The molecule has 4 nitrogen and oxygen atoms in total. The lowest BCUT2D eigenvalue weighted by molar-refractivity contribution is -0.142. The van der Waals surface area contributed by atoms with Crippen molar-refractivity contribution in [2.24, 2.45) is 5.41 Å². The molecule has 2 N–H and O–H groups in total. The van der Waals surface area contributed by atoms with Crippen molar-refractivity contribution in [2.75, 3.05) is 0 Å². The molecule has 0 atom stereocenters. The maximum absolute atomic E-state index is 11.0. The van der Waals surface area contributed by atoms with Gasteiger partial charge in [-0.25, -0.2) is 0 Å². The third-order valence-corrected chi connectivity index (χ3v) is 3.46. The van der Waals surface area contributed by atoms with Gasteiger partial charge in [-0.3, -0.25) is 9.59 Å². The summed E-state index contributed by atoms with van der Waals surface area (Å²) in [4.78, 5) is 21.9. The number of rotatable bonds is 5. The van der Waals surface area contributed by atoms with Crippen molar-refractivity contribution in [3.63, 3.8) is 0 Å². The zero-order chi connectivity index (χ0) is 14.6. The molecule has 1 aromatic rings. The second-order valence-corrected chi connectivity index (χ2v) is 5.07. The van der Waals surface area contributed by atoms with E-state index in [0.29, 0.717) is 6.42 Å². The van der Waals surface area contributed by atoms with Crippen LogP contribution in [-0.4, -0.2) is 22.2 Å². The Morgan fingerprint density at radius 1 is 1.05 bits per heavy atom. The van der Waals surface area contributed by atoms with Crippen molar-refractivity contribution in [3.05, 3.63) is 54.1 Å². The average molecular weight is 272 g/mol. The molecule has 0 unspecified atom stereocenters. The third-order valence-electron chi connectivity index (χ3n) is 3.46. The molecule has 20 heavy (non-hydrogen) atoms. The van der Waals surface area contributed by atoms with Gasteiger partial charge < -0.3 is 10.2 Å². The van der Waals surface area contributed by atoms with Crippen molar-refractivity contribution in [3.8, 4) is 0 Å². The summed E-state index contributed by atoms with van der Waals surface area (Å²) in [7, 11) is 0. The number of hydrogen-bond donors (Lipinski definition) is 2. The van der Waals surface area contributed by atoms with E-state index in [2.05, 4.69) is 0 Å². The molecule has 0 saturated carbocycles. The standard InChI is InChI=1S/C16H16O4/c17-14(18)10-16(11-15(19)20)8-6-13(7-9-16)12-4-2-1-3-5-12/h1-8H,9-11H2,(H,17,18)(H,19,20). The van der Waals surface area contributed by atoms with Crippen molar-refractivity contribution in [1.82, 2.24) is 0 Å². The Hall–Kier alpha value is -2.36. The van der Waals surface area contributed by atoms with Crippen LogP contribution in [0.15, 0.2) is 48.6 Å². The Kier molecular flexibility index (Phi) is 4.03. The number of allylic oxidation sites excluding steroid dienone is 4. The maximum atomic E-state index is 11.0. The lowest BCUT2D eigenvalue weighted by atomic mass is 9.74. The van der Waals surface area contributed by atoms with Crippen LogP contribution in [0, 0.1) is 5.41 Å². The van der Waals surface area contributed by atoms with Crippen LogP contribution in [0.25, 0.3) is 5.57 Å². The van der Waals surface area contributed by atoms with Crippen LogP contribution in [0.3, 0.4) is 0 Å². The first-order valence-electron chi connectivity index (χ1n) is 6.39. The molecule has 0 saturated heterocycles. The summed E-state index contributed by atoms with van der Waals surface area (Å²) < 4.78 is 0. The molecule has 0 fully saturated rings. The highest BCUT2D eigenvalue weighted by atomic mass is 16.4. The minimum atomic E-state index is -0.979. The van der Waals surface area contributed by atoms with E-state index in [1.807, 2.05) is 42.5 Å². The molecule has 0 aliphatic heterocycles. The zero-order valence-corrected chi connectivity index (χ0v) is 11.0. The van der Waals surface area contributed by atoms with E-state index >= 15 is 0 Å². The SMILES string of the molecule is O=C(O)CC1(CC(=O)O)C=CC(c2ccccc2)=CC1. The Balaban J connectivity index is 2.21. The van der Waals surface area contributed by atoms with Gasteiger partial charge in [0.05, 0.1) is 12.8 Å². The zero-order valence-electron chi connectivity index (χ0n) is 11.0. The van der Waals surface area contributed by atoms with Crippen LogP contribution < -0.4 is 0 Å². The van der Waals surface area contributed by atoms with E-state index < -0.39 is 17.4 Å². The van der Waals surface area contributed by atoms with Gasteiger partial charge in [0.2, 0.25) is 0 Å². The first-order chi connectivity index (χ1) is 9.51. The average Bonchev–Trinajstić information content (AvgIpc) is 2.39. The van der Waals surface area contributed by atoms with E-state index in [1.165, 1.54) is 0 Å². The van der Waals surface area contributed by atoms with Gasteiger partial charge in [0.15, 0.2) is 0 Å². The van der Waals surface area contributed by atoms with E-state index in [9.17, 15) is 9.59 Å². The van der Waals surface area contributed by atoms with Gasteiger partial charge in [0.25, 0.3) is 0 Å². The molecule has 1 aliphatic carbocycles. The summed E-state index contributed by atoms with van der Waals surface area (Å²) in [6, 6.07) is 9.73. The second kappa shape index (κ2) is 5.74. The van der Waals surface area contributed by atoms with Gasteiger partial charge in [-0.15, -0.1) is 0 Å². The molecular formula is C16H16O4. The Morgan fingerprint density at radius 2 is 1.65 bits per heavy atom. The molecule has 0 bridgehead atoms. The molecule has 104 valence electrons. The predicted octanol–water partition coefficient (Wildman–Crippen LogP) is 2.97. The highest BCUT2D eigenvalue weighted by Gasteiger charge is 2.33. The molecule has 0 aromatic heterocycles. The topological polar surface area (TPSA) is 74.6 Å². The van der Waals surface area contributed by atoms with Gasteiger partial charge in [-0.05, 0) is 17.6 Å². The predicted molar refractivity (Wildman–Crippen MR) is 75.1 cm³/mol. The van der Waals surface area contributed by atoms with Crippen molar-refractivity contribution < 1.29 is 19.8 Å². The lowest BCUT2D eigenvalue weighted by Gasteiger charge is -2.29. The smallest absolute Gasteiger partial charge is 0.304 e. The van der Waals surface area contributed by atoms with Crippen LogP contribution in [0.4, 0.5) is 0 Å². The number of carbonyl (C=O) groups is 2. The van der Waals surface area contributed by atoms with Crippen molar-refractivity contribution >= 4 is 17.5 Å². The van der Waals surface area contributed by atoms with Crippen LogP contribution in [0.5, 0.6) is 0 Å². The molecule has 1 aliphatic rings. The summed E-state index contributed by atoms with van der Waals surface area (Å²) in [5.74, 6) is -1.96. The third kappa shape index (κ3) is 3.35. The maximum Gasteiger partial charge on any atom is 0.304 e. The van der Waals surface area contributed by atoms with E-state index in [1.54, 1.807) is 6.08 Å². The Morgan fingerprint density at radius 3 is 2.10 bits per heavy atom. The summed E-state index contributed by atoms with van der Waals surface area (Å²) in [5.41, 5.74) is 1.22. The highest BCUT2D eigenvalue weighted by Crippen LogP contribution is 2.39. The molecule has 4 heteroatoms. The first-order valence-corrected chi connectivity index (χ1v) is 6.39. The van der Waals surface area contributed by atoms with Gasteiger partial charge in [-0.2, -0.15) is 0 Å². The van der Waals surface area contributed by atoms with Gasteiger partial charge in [0.1, 0.15) is 0 Å². The summed E-state index contributed by atoms with van der Waals surface area (Å²) in [6.45, 7) is 0. The summed E-state index contributed by atoms with van der Waals surface area (Å²) in [6.07, 6.45) is 5.55. The monoisotopic (exact) mass is 272 g/mol. The van der Waals surface area contributed by atoms with Crippen LogP contribution in [0.2, 0.25) is 0 Å². The number of aliphatic carboxylic acids is 2. The van der Waals surface area contributed by atoms with Gasteiger partial charge >= 0.3 is 11.9 Å². The molecule has 2 rings (SSSR count). The normalized spacial score (nSPS) is 16.5. The number of benzene rings is 1. The molecule has 0 amide bonds. The fourth-order valence-corrected chi connectivity index (χ4v) is 2.49. The fraction of sp³-hybridized carbons (Fsp3) is 0.250. The van der Waals surface area contributed by atoms with Gasteiger partial charge in [0, 0.05) is 5.41 Å². The fourth-order valence-electron chi connectivity index (χ4n) is 2.49. The minimum Gasteiger partial charge on any atom is -0.481 e. The Bertz CT molecular complexity index is 553. The number of hydrogen-bond acceptors (Lipinski definition) is 2. The van der Waals surface area contributed by atoms with Crippen molar-refractivity contribution in [2.45, 2.75) is 19.3 Å². The van der Waals surface area contributed by atoms with Crippen LogP contribution in [-0.2, 0) is 9.59 Å². The van der Waals surface area contributed by atoms with E-state index in [-0.39, 0.29) is 12.8 Å². The number of carboxylic acids is 2. The van der Waals surface area contributed by atoms with E-state index in [0.717, 1.165) is 11.1 Å². The quantitative estimate of drug-likeness (QED) is 0.864. The molecule has 1 aromatic carbocycles. The number of carboxylic acid groups (broad SMARTS) is 2. The lowest BCUT2D eigenvalue weighted by Crippen LogP contribution is -2.26. The van der Waals surface area contributed by atoms with Crippen LogP contribution in [0.1, 0.15) is 24.8 Å². The highest BCUT2D eigenvalue weighted by molar-refractivity contribution is 5.78. The largest absolute Gasteiger partial charge is 0.481 e. The minimum absolute atomic E-state index is 0.172. The summed E-state index contributed by atoms with van der Waals surface area (Å²) >= 11 is 0. The second-order valence-electron chi connectivity index (χ2n) is 5.07. The van der Waals surface area contributed by atoms with Crippen LogP contribution >= 0.6 is 0 Å². The first kappa shape index (κ1) is 14.1. The van der Waals surface area contributed by atoms with E-state index in [4.69, 9.17) is 10.2 Å². The molecular weight excluding hydrogens is 256 g/mol. The molecule has 0 radical (unpaired) electrons. The van der Waals surface area contributed by atoms with Gasteiger partial charge in [-0.1, -0.05) is 48.6 Å².